The summed E-state index contributed by atoms with van der Waals surface area (Å²) in [7, 11) is 0. The van der Waals surface area contributed by atoms with Gasteiger partial charge in [0.25, 0.3) is 0 Å². The number of hydrogen-bond donors (Lipinski definition) is 1. The number of halogens is 2. The third kappa shape index (κ3) is 3.76. The number of primary amides is 1. The molecule has 0 atom stereocenters. The Kier molecular flexibility index (Phi) is 4.93. The largest absolute Gasteiger partial charge is 0.369 e. The van der Waals surface area contributed by atoms with Crippen LogP contribution in [-0.4, -0.2) is 23.4 Å². The molecular formula is C14H18BrFN2O. The second-order valence-corrected chi connectivity index (χ2v) is 5.82. The van der Waals surface area contributed by atoms with Gasteiger partial charge in [0.1, 0.15) is 5.82 Å². The molecule has 2 rings (SSSR count). The number of benzene rings is 1. The maximum atomic E-state index is 13.5. The smallest absolute Gasteiger partial charge is 0.231 e. The summed E-state index contributed by atoms with van der Waals surface area (Å²) in [5.41, 5.74) is 6.17. The Morgan fingerprint density at radius 2 is 2.11 bits per heavy atom. The fraction of sp³-hybridized carbons (Fsp3) is 0.500. The van der Waals surface area contributed by atoms with Crippen LogP contribution in [-0.2, 0) is 11.3 Å². The van der Waals surface area contributed by atoms with Gasteiger partial charge < -0.3 is 5.73 Å². The summed E-state index contributed by atoms with van der Waals surface area (Å²) in [6.07, 6.45) is 4.54. The summed E-state index contributed by atoms with van der Waals surface area (Å²) in [6, 6.07) is 5.35. The Morgan fingerprint density at radius 1 is 1.42 bits per heavy atom. The minimum Gasteiger partial charge on any atom is -0.369 e. The number of nitrogens with two attached hydrogens (primary N) is 1. The van der Waals surface area contributed by atoms with Crippen LogP contribution < -0.4 is 5.73 Å². The second kappa shape index (κ2) is 6.48. The number of rotatable bonds is 5. The highest BCUT2D eigenvalue weighted by Gasteiger charge is 2.24. The van der Waals surface area contributed by atoms with Gasteiger partial charge in [0.05, 0.1) is 11.0 Å². The van der Waals surface area contributed by atoms with Gasteiger partial charge in [-0.25, -0.2) is 4.39 Å². The van der Waals surface area contributed by atoms with Crippen LogP contribution >= 0.6 is 15.9 Å². The minimum absolute atomic E-state index is 0.230. The van der Waals surface area contributed by atoms with Gasteiger partial charge in [-0.1, -0.05) is 25.0 Å². The molecule has 1 aromatic carbocycles. The summed E-state index contributed by atoms with van der Waals surface area (Å²) < 4.78 is 14.0. The monoisotopic (exact) mass is 328 g/mol. The van der Waals surface area contributed by atoms with Gasteiger partial charge >= 0.3 is 0 Å². The highest BCUT2D eigenvalue weighted by atomic mass is 79.9. The molecule has 1 fully saturated rings. The molecule has 0 bridgehead atoms. The zero-order valence-corrected chi connectivity index (χ0v) is 12.3. The van der Waals surface area contributed by atoms with Crippen LogP contribution in [0.25, 0.3) is 0 Å². The lowest BCUT2D eigenvalue weighted by Crippen LogP contribution is -2.39. The van der Waals surface area contributed by atoms with E-state index >= 15 is 0 Å². The highest BCUT2D eigenvalue weighted by molar-refractivity contribution is 9.10. The SMILES string of the molecule is NC(=O)CN(Cc1cccc(F)c1Br)C1CCCC1. The van der Waals surface area contributed by atoms with Crippen molar-refractivity contribution in [2.45, 2.75) is 38.3 Å². The number of hydrogen-bond acceptors (Lipinski definition) is 2. The molecule has 1 amide bonds. The summed E-state index contributed by atoms with van der Waals surface area (Å²) in [4.78, 5) is 13.3. The topological polar surface area (TPSA) is 46.3 Å². The first-order valence-electron chi connectivity index (χ1n) is 6.53. The Labute approximate surface area is 121 Å². The molecular weight excluding hydrogens is 311 g/mol. The van der Waals surface area contributed by atoms with E-state index in [1.165, 1.54) is 18.9 Å². The van der Waals surface area contributed by atoms with Crippen LogP contribution in [0.15, 0.2) is 22.7 Å². The molecule has 0 unspecified atom stereocenters. The minimum atomic E-state index is -0.334. The van der Waals surface area contributed by atoms with Crippen molar-refractivity contribution in [3.63, 3.8) is 0 Å². The van der Waals surface area contributed by atoms with E-state index < -0.39 is 0 Å². The number of carbonyl (C=O) groups is 1. The number of nitrogens with zero attached hydrogens (tertiary/aromatic N) is 1. The van der Waals surface area contributed by atoms with Crippen molar-refractivity contribution in [2.75, 3.05) is 6.54 Å². The van der Waals surface area contributed by atoms with E-state index in [2.05, 4.69) is 20.8 Å². The van der Waals surface area contributed by atoms with Crippen molar-refractivity contribution in [3.05, 3.63) is 34.1 Å². The van der Waals surface area contributed by atoms with E-state index in [1.54, 1.807) is 6.07 Å². The van der Waals surface area contributed by atoms with Crippen molar-refractivity contribution < 1.29 is 9.18 Å². The van der Waals surface area contributed by atoms with E-state index in [0.717, 1.165) is 18.4 Å². The molecule has 0 aromatic heterocycles. The molecule has 3 nitrogen and oxygen atoms in total. The van der Waals surface area contributed by atoms with Crippen molar-refractivity contribution in [1.82, 2.24) is 4.90 Å². The molecule has 2 N–H and O–H groups in total. The van der Waals surface area contributed by atoms with Crippen LogP contribution in [0.5, 0.6) is 0 Å². The van der Waals surface area contributed by atoms with Gasteiger partial charge in [-0.15, -0.1) is 0 Å². The van der Waals surface area contributed by atoms with Crippen LogP contribution in [0.1, 0.15) is 31.2 Å². The van der Waals surface area contributed by atoms with Crippen molar-refractivity contribution in [3.8, 4) is 0 Å². The Morgan fingerprint density at radius 3 is 2.74 bits per heavy atom. The van der Waals surface area contributed by atoms with Gasteiger partial charge in [0.2, 0.25) is 5.91 Å². The lowest BCUT2D eigenvalue weighted by atomic mass is 10.1. The fourth-order valence-corrected chi connectivity index (χ4v) is 3.06. The summed E-state index contributed by atoms with van der Waals surface area (Å²) >= 11 is 3.27. The lowest BCUT2D eigenvalue weighted by Gasteiger charge is -2.28. The molecule has 5 heteroatoms. The molecule has 1 aromatic rings. The van der Waals surface area contributed by atoms with Crippen molar-refractivity contribution in [1.29, 1.82) is 0 Å². The molecule has 1 aliphatic carbocycles. The van der Waals surface area contributed by atoms with Crippen LogP contribution in [0, 0.1) is 5.82 Å². The van der Waals surface area contributed by atoms with Gasteiger partial charge in [0, 0.05) is 12.6 Å². The van der Waals surface area contributed by atoms with Gasteiger partial charge in [-0.05, 0) is 40.4 Å². The second-order valence-electron chi connectivity index (χ2n) is 5.02. The average Bonchev–Trinajstić information content (AvgIpc) is 2.87. The number of amides is 1. The zero-order valence-electron chi connectivity index (χ0n) is 10.7. The van der Waals surface area contributed by atoms with Crippen LogP contribution in [0.3, 0.4) is 0 Å². The molecule has 19 heavy (non-hydrogen) atoms. The molecule has 0 heterocycles. The molecule has 0 aliphatic heterocycles. The number of carbonyl (C=O) groups excluding carboxylic acids is 1. The van der Waals surface area contributed by atoms with E-state index in [9.17, 15) is 9.18 Å². The highest BCUT2D eigenvalue weighted by Crippen LogP contribution is 2.27. The first-order valence-corrected chi connectivity index (χ1v) is 7.32. The van der Waals surface area contributed by atoms with Crippen LogP contribution in [0.2, 0.25) is 0 Å². The maximum Gasteiger partial charge on any atom is 0.231 e. The van der Waals surface area contributed by atoms with Gasteiger partial charge in [-0.2, -0.15) is 0 Å². The molecule has 0 radical (unpaired) electrons. The average molecular weight is 329 g/mol. The maximum absolute atomic E-state index is 13.5. The molecule has 1 aliphatic rings. The van der Waals surface area contributed by atoms with Crippen molar-refractivity contribution in [2.24, 2.45) is 5.73 Å². The third-order valence-electron chi connectivity index (χ3n) is 3.61. The first kappa shape index (κ1) is 14.5. The zero-order chi connectivity index (χ0) is 13.8. The predicted molar refractivity (Wildman–Crippen MR) is 76.0 cm³/mol. The fourth-order valence-electron chi connectivity index (χ4n) is 2.67. The lowest BCUT2D eigenvalue weighted by molar-refractivity contribution is -0.119. The Bertz CT molecular complexity index is 461. The van der Waals surface area contributed by atoms with Crippen LogP contribution in [0.4, 0.5) is 4.39 Å². The van der Waals surface area contributed by atoms with Gasteiger partial charge in [0.15, 0.2) is 0 Å². The van der Waals surface area contributed by atoms with Gasteiger partial charge in [-0.3, -0.25) is 9.69 Å². The summed E-state index contributed by atoms with van der Waals surface area (Å²) in [6.45, 7) is 0.777. The van der Waals surface area contributed by atoms with E-state index in [-0.39, 0.29) is 18.3 Å². The Balaban J connectivity index is 2.14. The normalized spacial score (nSPS) is 16.2. The Hall–Kier alpha value is -0.940. The predicted octanol–water partition coefficient (Wildman–Crippen LogP) is 2.82. The summed E-state index contributed by atoms with van der Waals surface area (Å²) in [5, 5.41) is 0. The quantitative estimate of drug-likeness (QED) is 0.903. The standard InChI is InChI=1S/C14H18BrFN2O/c15-14-10(4-3-7-12(14)16)8-18(9-13(17)19)11-5-1-2-6-11/h3-4,7,11H,1-2,5-6,8-9H2,(H2,17,19). The molecule has 1 saturated carbocycles. The molecule has 0 spiro atoms. The third-order valence-corrected chi connectivity index (χ3v) is 4.49. The van der Waals surface area contributed by atoms with E-state index in [1.807, 2.05) is 6.07 Å². The van der Waals surface area contributed by atoms with E-state index in [0.29, 0.717) is 17.1 Å². The summed E-state index contributed by atoms with van der Waals surface area (Å²) in [5.74, 6) is -0.609. The van der Waals surface area contributed by atoms with Crippen molar-refractivity contribution >= 4 is 21.8 Å². The molecule has 104 valence electrons. The molecule has 0 saturated heterocycles. The van der Waals surface area contributed by atoms with E-state index in [4.69, 9.17) is 5.73 Å². The first-order chi connectivity index (χ1) is 9.08.